The average molecular weight is 437 g/mol. The number of halogens is 1. The van der Waals surface area contributed by atoms with E-state index >= 15 is 0 Å². The van der Waals surface area contributed by atoms with Crippen molar-refractivity contribution in [3.63, 3.8) is 0 Å². The Labute approximate surface area is 175 Å². The smallest absolute Gasteiger partial charge is 0.264 e. The maximum absolute atomic E-state index is 14.4. The number of hydrogen-bond acceptors (Lipinski definition) is 4. The van der Waals surface area contributed by atoms with Crippen LogP contribution in [-0.2, 0) is 14.8 Å². The fraction of sp³-hybridized carbons (Fsp3) is 0.381. The van der Waals surface area contributed by atoms with Crippen LogP contribution in [0.5, 0.6) is 0 Å². The standard InChI is InChI=1S/C21H25FN2O3S2/c22-19-12-6-7-13-20(19)24(29(26,27)18-10-2-1-3-11-18)16-21(25)23-14-15-28-17-8-4-5-9-17/h1-3,6-7,10-13,17H,4-5,8-9,14-16H2,(H,23,25). The van der Waals surface area contributed by atoms with Gasteiger partial charge in [0, 0.05) is 17.5 Å². The molecule has 1 amide bonds. The van der Waals surface area contributed by atoms with E-state index in [9.17, 15) is 17.6 Å². The molecule has 29 heavy (non-hydrogen) atoms. The lowest BCUT2D eigenvalue weighted by molar-refractivity contribution is -0.119. The highest BCUT2D eigenvalue weighted by molar-refractivity contribution is 7.99. The highest BCUT2D eigenvalue weighted by Gasteiger charge is 2.28. The summed E-state index contributed by atoms with van der Waals surface area (Å²) in [5.74, 6) is -0.377. The van der Waals surface area contributed by atoms with Crippen LogP contribution in [0.4, 0.5) is 10.1 Å². The molecular formula is C21H25FN2O3S2. The molecule has 0 atom stereocenters. The summed E-state index contributed by atoms with van der Waals surface area (Å²) < 4.78 is 41.4. The second kappa shape index (κ2) is 10.1. The number of rotatable bonds is 9. The molecule has 0 saturated heterocycles. The van der Waals surface area contributed by atoms with E-state index in [1.807, 2.05) is 11.8 Å². The molecule has 2 aromatic carbocycles. The molecule has 156 valence electrons. The Morgan fingerprint density at radius 1 is 1.07 bits per heavy atom. The van der Waals surface area contributed by atoms with Crippen molar-refractivity contribution >= 4 is 33.4 Å². The average Bonchev–Trinajstić information content (AvgIpc) is 3.24. The zero-order valence-corrected chi connectivity index (χ0v) is 17.7. The predicted molar refractivity (Wildman–Crippen MR) is 115 cm³/mol. The first-order chi connectivity index (χ1) is 14.0. The van der Waals surface area contributed by atoms with Crippen LogP contribution in [0, 0.1) is 5.82 Å². The van der Waals surface area contributed by atoms with Crippen molar-refractivity contribution < 1.29 is 17.6 Å². The summed E-state index contributed by atoms with van der Waals surface area (Å²) in [6.45, 7) is -0.0250. The topological polar surface area (TPSA) is 66.5 Å². The summed E-state index contributed by atoms with van der Waals surface area (Å²) in [5.41, 5.74) is -0.146. The van der Waals surface area contributed by atoms with E-state index in [1.54, 1.807) is 24.3 Å². The minimum atomic E-state index is -4.09. The second-order valence-corrected chi connectivity index (χ2v) is 10.2. The van der Waals surface area contributed by atoms with Gasteiger partial charge in [0.1, 0.15) is 12.4 Å². The van der Waals surface area contributed by atoms with E-state index in [-0.39, 0.29) is 10.6 Å². The highest BCUT2D eigenvalue weighted by Crippen LogP contribution is 2.29. The van der Waals surface area contributed by atoms with Crippen molar-refractivity contribution in [2.45, 2.75) is 35.8 Å². The highest BCUT2D eigenvalue weighted by atomic mass is 32.2. The van der Waals surface area contributed by atoms with E-state index in [4.69, 9.17) is 0 Å². The van der Waals surface area contributed by atoms with Gasteiger partial charge < -0.3 is 5.32 Å². The summed E-state index contributed by atoms with van der Waals surface area (Å²) in [7, 11) is -4.09. The second-order valence-electron chi connectivity index (χ2n) is 6.90. The van der Waals surface area contributed by atoms with Gasteiger partial charge in [-0.3, -0.25) is 9.10 Å². The van der Waals surface area contributed by atoms with Gasteiger partial charge in [-0.2, -0.15) is 11.8 Å². The number of anilines is 1. The van der Waals surface area contributed by atoms with Crippen LogP contribution in [0.2, 0.25) is 0 Å². The SMILES string of the molecule is O=C(CN(c1ccccc1F)S(=O)(=O)c1ccccc1)NCCSC1CCCC1. The third kappa shape index (κ3) is 5.73. The lowest BCUT2D eigenvalue weighted by Gasteiger charge is -2.24. The molecule has 0 aromatic heterocycles. The van der Waals surface area contributed by atoms with Crippen LogP contribution in [0.25, 0.3) is 0 Å². The first-order valence-corrected chi connectivity index (χ1v) is 12.2. The van der Waals surface area contributed by atoms with Crippen molar-refractivity contribution in [3.8, 4) is 0 Å². The normalized spacial score (nSPS) is 14.7. The van der Waals surface area contributed by atoms with Crippen LogP contribution >= 0.6 is 11.8 Å². The lowest BCUT2D eigenvalue weighted by atomic mass is 10.3. The van der Waals surface area contributed by atoms with E-state index in [1.165, 1.54) is 56.0 Å². The van der Waals surface area contributed by atoms with Crippen molar-refractivity contribution in [1.82, 2.24) is 5.32 Å². The van der Waals surface area contributed by atoms with Gasteiger partial charge in [0.25, 0.3) is 10.0 Å². The molecule has 1 aliphatic carbocycles. The molecule has 2 aromatic rings. The van der Waals surface area contributed by atoms with E-state index in [0.29, 0.717) is 11.8 Å². The molecule has 0 heterocycles. The van der Waals surface area contributed by atoms with E-state index in [0.717, 1.165) is 10.1 Å². The zero-order valence-electron chi connectivity index (χ0n) is 16.1. The first-order valence-electron chi connectivity index (χ1n) is 9.69. The van der Waals surface area contributed by atoms with Crippen LogP contribution in [0.15, 0.2) is 59.5 Å². The van der Waals surface area contributed by atoms with Gasteiger partial charge in [0.05, 0.1) is 10.6 Å². The Hall–Kier alpha value is -2.06. The van der Waals surface area contributed by atoms with Crippen LogP contribution < -0.4 is 9.62 Å². The third-order valence-electron chi connectivity index (χ3n) is 4.82. The van der Waals surface area contributed by atoms with Gasteiger partial charge in [-0.05, 0) is 37.1 Å². The Morgan fingerprint density at radius 2 is 1.72 bits per heavy atom. The monoisotopic (exact) mass is 436 g/mol. The van der Waals surface area contributed by atoms with Crippen molar-refractivity contribution in [2.24, 2.45) is 0 Å². The first kappa shape index (κ1) is 21.6. The zero-order chi connectivity index (χ0) is 20.7. The summed E-state index contributed by atoms with van der Waals surface area (Å²) in [6.07, 6.45) is 4.96. The summed E-state index contributed by atoms with van der Waals surface area (Å²) in [4.78, 5) is 12.5. The molecule has 0 radical (unpaired) electrons. The predicted octanol–water partition coefficient (Wildman–Crippen LogP) is 3.81. The molecule has 1 fully saturated rings. The van der Waals surface area contributed by atoms with Crippen molar-refractivity contribution in [2.75, 3.05) is 23.1 Å². The molecule has 0 bridgehead atoms. The summed E-state index contributed by atoms with van der Waals surface area (Å²) in [6, 6.07) is 13.3. The maximum Gasteiger partial charge on any atom is 0.264 e. The number of thioether (sulfide) groups is 1. The number of hydrogen-bond donors (Lipinski definition) is 1. The molecule has 0 unspecified atom stereocenters. The largest absolute Gasteiger partial charge is 0.354 e. The van der Waals surface area contributed by atoms with Gasteiger partial charge in [-0.15, -0.1) is 0 Å². The van der Waals surface area contributed by atoms with Crippen LogP contribution in [0.3, 0.4) is 0 Å². The number of carbonyl (C=O) groups is 1. The van der Waals surface area contributed by atoms with Gasteiger partial charge in [-0.25, -0.2) is 12.8 Å². The minimum absolute atomic E-state index is 0.00726. The molecule has 1 saturated carbocycles. The molecule has 8 heteroatoms. The Balaban J connectivity index is 1.70. The number of benzene rings is 2. The molecule has 1 aliphatic rings. The van der Waals surface area contributed by atoms with E-state index in [2.05, 4.69) is 5.32 Å². The number of nitrogens with zero attached hydrogens (tertiary/aromatic N) is 1. The number of sulfonamides is 1. The van der Waals surface area contributed by atoms with Gasteiger partial charge >= 0.3 is 0 Å². The Bertz CT molecular complexity index is 917. The van der Waals surface area contributed by atoms with Gasteiger partial charge in [-0.1, -0.05) is 43.2 Å². The Morgan fingerprint density at radius 3 is 2.41 bits per heavy atom. The summed E-state index contributed by atoms with van der Waals surface area (Å²) in [5, 5.41) is 3.41. The fourth-order valence-corrected chi connectivity index (χ4v) is 6.00. The Kier molecular flexibility index (Phi) is 7.55. The third-order valence-corrected chi connectivity index (χ3v) is 7.98. The molecule has 0 aliphatic heterocycles. The van der Waals surface area contributed by atoms with Crippen LogP contribution in [0.1, 0.15) is 25.7 Å². The number of carbonyl (C=O) groups excluding carboxylic acids is 1. The fourth-order valence-electron chi connectivity index (χ4n) is 3.33. The van der Waals surface area contributed by atoms with Crippen molar-refractivity contribution in [1.29, 1.82) is 0 Å². The van der Waals surface area contributed by atoms with Gasteiger partial charge in [0.2, 0.25) is 5.91 Å². The lowest BCUT2D eigenvalue weighted by Crippen LogP contribution is -2.41. The van der Waals surface area contributed by atoms with E-state index < -0.39 is 28.3 Å². The molecule has 1 N–H and O–H groups in total. The van der Waals surface area contributed by atoms with Crippen molar-refractivity contribution in [3.05, 3.63) is 60.4 Å². The quantitative estimate of drug-likeness (QED) is 0.607. The molecule has 3 rings (SSSR count). The molecule has 0 spiro atoms. The van der Waals surface area contributed by atoms with Crippen LogP contribution in [-0.4, -0.2) is 38.4 Å². The minimum Gasteiger partial charge on any atom is -0.354 e. The number of amides is 1. The van der Waals surface area contributed by atoms with Gasteiger partial charge in [0.15, 0.2) is 0 Å². The molecular weight excluding hydrogens is 411 g/mol. The molecule has 5 nitrogen and oxygen atoms in total. The maximum atomic E-state index is 14.4. The number of nitrogens with one attached hydrogen (secondary N) is 1. The number of para-hydroxylation sites is 1. The summed E-state index contributed by atoms with van der Waals surface area (Å²) >= 11 is 1.84.